The summed E-state index contributed by atoms with van der Waals surface area (Å²) in [5.74, 6) is 1.19. The first-order valence-electron chi connectivity index (χ1n) is 6.99. The van der Waals surface area contributed by atoms with Crippen LogP contribution in [0.2, 0.25) is 0 Å². The van der Waals surface area contributed by atoms with Crippen LogP contribution in [0.15, 0.2) is 18.3 Å². The van der Waals surface area contributed by atoms with Gasteiger partial charge >= 0.3 is 0 Å². The second kappa shape index (κ2) is 4.81. The lowest BCUT2D eigenvalue weighted by Gasteiger charge is -2.33. The number of rotatable bonds is 2. The number of aromatic nitrogens is 3. The number of hydrogen-bond donors (Lipinski definition) is 1. The molecule has 0 aliphatic carbocycles. The predicted octanol–water partition coefficient (Wildman–Crippen LogP) is 1.90. The van der Waals surface area contributed by atoms with Gasteiger partial charge in [0.15, 0.2) is 5.65 Å². The number of nitrogens with two attached hydrogens (primary N) is 1. The number of piperidine rings is 1. The van der Waals surface area contributed by atoms with E-state index in [1.165, 1.54) is 12.8 Å². The van der Waals surface area contributed by atoms with Gasteiger partial charge in [0.1, 0.15) is 5.82 Å². The maximum absolute atomic E-state index is 5.91. The van der Waals surface area contributed by atoms with Gasteiger partial charge in [0.25, 0.3) is 0 Å². The zero-order chi connectivity index (χ0) is 13.4. The van der Waals surface area contributed by atoms with Crippen LogP contribution in [0.4, 0.5) is 5.82 Å². The first-order valence-corrected chi connectivity index (χ1v) is 6.99. The summed E-state index contributed by atoms with van der Waals surface area (Å²) < 4.78 is 1.74. The third-order valence-corrected chi connectivity index (χ3v) is 4.08. The van der Waals surface area contributed by atoms with Crippen LogP contribution in [0.25, 0.3) is 5.65 Å². The van der Waals surface area contributed by atoms with E-state index in [2.05, 4.69) is 34.9 Å². The molecule has 0 radical (unpaired) electrons. The van der Waals surface area contributed by atoms with Gasteiger partial charge < -0.3 is 10.6 Å². The fourth-order valence-electron chi connectivity index (χ4n) is 2.84. The summed E-state index contributed by atoms with van der Waals surface area (Å²) in [7, 11) is 0. The molecule has 3 rings (SSSR count). The van der Waals surface area contributed by atoms with Crippen LogP contribution in [-0.4, -0.2) is 38.6 Å². The molecule has 0 aromatic carbocycles. The summed E-state index contributed by atoms with van der Waals surface area (Å²) in [6, 6.07) is 4.50. The molecule has 0 saturated carbocycles. The fraction of sp³-hybridized carbons (Fsp3) is 0.571. The van der Waals surface area contributed by atoms with E-state index in [1.54, 1.807) is 16.8 Å². The van der Waals surface area contributed by atoms with E-state index in [-0.39, 0.29) is 0 Å². The Kier molecular flexibility index (Phi) is 3.14. The molecule has 3 heterocycles. The lowest BCUT2D eigenvalue weighted by atomic mass is 9.93. The summed E-state index contributed by atoms with van der Waals surface area (Å²) in [6.45, 7) is 6.82. The molecule has 0 spiro atoms. The second-order valence-electron chi connectivity index (χ2n) is 5.61. The highest BCUT2D eigenvalue weighted by atomic mass is 15.3. The zero-order valence-corrected chi connectivity index (χ0v) is 11.6. The van der Waals surface area contributed by atoms with Crippen molar-refractivity contribution in [1.29, 1.82) is 0 Å². The minimum Gasteiger partial charge on any atom is -0.384 e. The van der Waals surface area contributed by atoms with Gasteiger partial charge in [0, 0.05) is 24.2 Å². The van der Waals surface area contributed by atoms with Crippen LogP contribution >= 0.6 is 0 Å². The number of likely N-dealkylation sites (tertiary alicyclic amines) is 1. The molecule has 2 aromatic rings. The third kappa shape index (κ3) is 2.30. The molecule has 5 heteroatoms. The third-order valence-electron chi connectivity index (χ3n) is 4.08. The molecular formula is C14H21N5. The van der Waals surface area contributed by atoms with Crippen LogP contribution in [0.3, 0.4) is 0 Å². The molecule has 1 fully saturated rings. The molecule has 1 saturated heterocycles. The van der Waals surface area contributed by atoms with Crippen molar-refractivity contribution in [2.24, 2.45) is 0 Å². The van der Waals surface area contributed by atoms with E-state index >= 15 is 0 Å². The van der Waals surface area contributed by atoms with E-state index in [0.717, 1.165) is 24.4 Å². The van der Waals surface area contributed by atoms with E-state index in [0.29, 0.717) is 17.8 Å². The van der Waals surface area contributed by atoms with Crippen molar-refractivity contribution in [3.05, 3.63) is 24.0 Å². The van der Waals surface area contributed by atoms with Gasteiger partial charge in [-0.2, -0.15) is 9.61 Å². The molecule has 0 bridgehead atoms. The quantitative estimate of drug-likeness (QED) is 0.895. The maximum atomic E-state index is 5.91. The maximum Gasteiger partial charge on any atom is 0.157 e. The van der Waals surface area contributed by atoms with Crippen molar-refractivity contribution < 1.29 is 0 Å². The van der Waals surface area contributed by atoms with Crippen LogP contribution in [0.5, 0.6) is 0 Å². The lowest BCUT2D eigenvalue weighted by Crippen LogP contribution is -2.37. The Hall–Kier alpha value is -1.62. The number of fused-ring (bicyclic) bond motifs is 1. The van der Waals surface area contributed by atoms with Crippen LogP contribution < -0.4 is 5.73 Å². The van der Waals surface area contributed by atoms with Crippen LogP contribution in [0, 0.1) is 0 Å². The zero-order valence-electron chi connectivity index (χ0n) is 11.6. The van der Waals surface area contributed by atoms with Crippen molar-refractivity contribution in [1.82, 2.24) is 19.5 Å². The van der Waals surface area contributed by atoms with Gasteiger partial charge in [0.2, 0.25) is 0 Å². The molecule has 1 aliphatic heterocycles. The average molecular weight is 259 g/mol. The Labute approximate surface area is 113 Å². The number of nitrogen functional groups attached to an aromatic ring is 1. The Balaban J connectivity index is 1.80. The standard InChI is InChI=1S/C14H21N5/c1-10(2)18-7-4-11(5-8-18)12-9-14-16-6-3-13(15)19(14)17-12/h3,6,9-11H,4-5,7-8,15H2,1-2H3. The number of anilines is 1. The Morgan fingerprint density at radius 2 is 2.05 bits per heavy atom. The van der Waals surface area contributed by atoms with Crippen LogP contribution in [-0.2, 0) is 0 Å². The number of hydrogen-bond acceptors (Lipinski definition) is 4. The predicted molar refractivity (Wildman–Crippen MR) is 76.1 cm³/mol. The molecule has 1 aliphatic rings. The van der Waals surface area contributed by atoms with Gasteiger partial charge in [-0.3, -0.25) is 0 Å². The lowest BCUT2D eigenvalue weighted by molar-refractivity contribution is 0.170. The van der Waals surface area contributed by atoms with E-state index < -0.39 is 0 Å². The van der Waals surface area contributed by atoms with E-state index in [9.17, 15) is 0 Å². The topological polar surface area (TPSA) is 59.5 Å². The monoisotopic (exact) mass is 259 g/mol. The highest BCUT2D eigenvalue weighted by molar-refractivity contribution is 5.46. The SMILES string of the molecule is CC(C)N1CCC(c2cc3nccc(N)n3n2)CC1. The van der Waals surface area contributed by atoms with Gasteiger partial charge in [-0.25, -0.2) is 4.98 Å². The largest absolute Gasteiger partial charge is 0.384 e. The van der Waals surface area contributed by atoms with Crippen molar-refractivity contribution in [2.75, 3.05) is 18.8 Å². The summed E-state index contributed by atoms with van der Waals surface area (Å²) in [6.07, 6.45) is 4.07. The van der Waals surface area contributed by atoms with Crippen molar-refractivity contribution >= 4 is 11.5 Å². The van der Waals surface area contributed by atoms with Gasteiger partial charge in [-0.1, -0.05) is 0 Å². The number of nitrogens with zero attached hydrogens (tertiary/aromatic N) is 4. The molecule has 19 heavy (non-hydrogen) atoms. The fourth-order valence-corrected chi connectivity index (χ4v) is 2.84. The Morgan fingerprint density at radius 3 is 2.68 bits per heavy atom. The Morgan fingerprint density at radius 1 is 1.32 bits per heavy atom. The molecule has 0 unspecified atom stereocenters. The average Bonchev–Trinajstić information content (AvgIpc) is 2.84. The summed E-state index contributed by atoms with van der Waals surface area (Å²) >= 11 is 0. The molecule has 102 valence electrons. The molecule has 0 amide bonds. The molecule has 2 N–H and O–H groups in total. The Bertz CT molecular complexity index is 566. The molecule has 5 nitrogen and oxygen atoms in total. The molecular weight excluding hydrogens is 238 g/mol. The minimum absolute atomic E-state index is 0.538. The summed E-state index contributed by atoms with van der Waals surface area (Å²) in [5.41, 5.74) is 7.89. The van der Waals surface area contributed by atoms with Crippen molar-refractivity contribution in [2.45, 2.75) is 38.6 Å². The normalized spacial score (nSPS) is 18.5. The van der Waals surface area contributed by atoms with Gasteiger partial charge in [0.05, 0.1) is 5.69 Å². The van der Waals surface area contributed by atoms with E-state index in [1.807, 2.05) is 0 Å². The summed E-state index contributed by atoms with van der Waals surface area (Å²) in [4.78, 5) is 6.84. The molecule has 2 aromatic heterocycles. The summed E-state index contributed by atoms with van der Waals surface area (Å²) in [5, 5.41) is 4.62. The van der Waals surface area contributed by atoms with E-state index in [4.69, 9.17) is 5.73 Å². The highest BCUT2D eigenvalue weighted by Gasteiger charge is 2.24. The van der Waals surface area contributed by atoms with Crippen LogP contribution in [0.1, 0.15) is 38.3 Å². The smallest absolute Gasteiger partial charge is 0.157 e. The van der Waals surface area contributed by atoms with Gasteiger partial charge in [-0.05, 0) is 45.8 Å². The van der Waals surface area contributed by atoms with Crippen molar-refractivity contribution in [3.63, 3.8) is 0 Å². The highest BCUT2D eigenvalue weighted by Crippen LogP contribution is 2.28. The first kappa shape index (κ1) is 12.4. The first-order chi connectivity index (χ1) is 9.15. The molecule has 0 atom stereocenters. The minimum atomic E-state index is 0.538. The van der Waals surface area contributed by atoms with Gasteiger partial charge in [-0.15, -0.1) is 0 Å². The van der Waals surface area contributed by atoms with Crippen molar-refractivity contribution in [3.8, 4) is 0 Å². The second-order valence-corrected chi connectivity index (χ2v) is 5.61.